The molecule has 2 heterocycles. The molecule has 0 bridgehead atoms. The molecule has 7 heteroatoms. The molecule has 1 aliphatic heterocycles. The van der Waals surface area contributed by atoms with Crippen molar-refractivity contribution < 1.29 is 14.6 Å². The average molecular weight is 487 g/mol. The Kier molecular flexibility index (Phi) is 7.46. The number of benzene rings is 2. The van der Waals surface area contributed by atoms with Crippen LogP contribution in [0.25, 0.3) is 0 Å². The van der Waals surface area contributed by atoms with Gasteiger partial charge < -0.3 is 19.3 Å². The lowest BCUT2D eigenvalue weighted by Gasteiger charge is -2.24. The zero-order valence-corrected chi connectivity index (χ0v) is 21.5. The van der Waals surface area contributed by atoms with Crippen molar-refractivity contribution in [3.05, 3.63) is 76.4 Å². The number of ether oxygens (including phenoxy) is 1. The maximum absolute atomic E-state index is 13.0. The fraction of sp³-hybridized carbons (Fsp3) is 0.414. The summed E-state index contributed by atoms with van der Waals surface area (Å²) in [5, 5.41) is 20.3. The predicted molar refractivity (Wildman–Crippen MR) is 139 cm³/mol. The lowest BCUT2D eigenvalue weighted by molar-refractivity contribution is 0.0469. The van der Waals surface area contributed by atoms with Gasteiger partial charge in [-0.3, -0.25) is 0 Å². The van der Waals surface area contributed by atoms with Gasteiger partial charge >= 0.3 is 5.97 Å². The Balaban J connectivity index is 1.78. The number of carbonyl (C=O) groups is 1. The monoisotopic (exact) mass is 486 g/mol. The van der Waals surface area contributed by atoms with Crippen LogP contribution >= 0.6 is 0 Å². The minimum Gasteiger partial charge on any atom is -0.461 e. The Morgan fingerprint density at radius 2 is 1.86 bits per heavy atom. The Hall–Kier alpha value is -3.63. The summed E-state index contributed by atoms with van der Waals surface area (Å²) in [7, 11) is 0. The Bertz CT molecular complexity index is 1300. The van der Waals surface area contributed by atoms with E-state index in [-0.39, 0.29) is 13.2 Å². The molecule has 1 N–H and O–H groups in total. The van der Waals surface area contributed by atoms with Crippen molar-refractivity contribution in [3.8, 4) is 6.07 Å². The Morgan fingerprint density at radius 3 is 2.56 bits per heavy atom. The summed E-state index contributed by atoms with van der Waals surface area (Å²) in [5.74, 6) is 0.279. The number of anilines is 2. The van der Waals surface area contributed by atoms with Gasteiger partial charge in [0, 0.05) is 24.3 Å². The van der Waals surface area contributed by atoms with Gasteiger partial charge in [-0.1, -0.05) is 37.3 Å². The second kappa shape index (κ2) is 10.5. The molecule has 36 heavy (non-hydrogen) atoms. The van der Waals surface area contributed by atoms with Gasteiger partial charge in [-0.05, 0) is 68.9 Å². The minimum atomic E-state index is -1.28. The molecule has 0 radical (unpaired) electrons. The van der Waals surface area contributed by atoms with Gasteiger partial charge in [-0.25, -0.2) is 9.78 Å². The van der Waals surface area contributed by atoms with Gasteiger partial charge in [0.05, 0.1) is 12.7 Å². The Labute approximate surface area is 213 Å². The van der Waals surface area contributed by atoms with Gasteiger partial charge in [0.1, 0.15) is 23.7 Å². The SMILES string of the molecule is CCCc1nc(C(C)(C)O)c(C(=O)OCC)n1Cc1ccc2c(c1)CCc1ccccc1N2CC#N. The van der Waals surface area contributed by atoms with Crippen LogP contribution < -0.4 is 4.90 Å². The topological polar surface area (TPSA) is 91.4 Å². The molecule has 0 aliphatic carbocycles. The van der Waals surface area contributed by atoms with Crippen molar-refractivity contribution in [3.63, 3.8) is 0 Å². The molecule has 1 aliphatic rings. The quantitative estimate of drug-likeness (QED) is 0.354. The molecule has 0 spiro atoms. The maximum atomic E-state index is 13.0. The van der Waals surface area contributed by atoms with Crippen molar-refractivity contribution >= 4 is 17.3 Å². The predicted octanol–water partition coefficient (Wildman–Crippen LogP) is 5.05. The Morgan fingerprint density at radius 1 is 1.14 bits per heavy atom. The number of hydrogen-bond acceptors (Lipinski definition) is 6. The van der Waals surface area contributed by atoms with Crippen molar-refractivity contribution in [2.45, 2.75) is 65.5 Å². The first-order chi connectivity index (χ1) is 17.3. The first kappa shape index (κ1) is 25.5. The van der Waals surface area contributed by atoms with Gasteiger partial charge in [-0.2, -0.15) is 5.26 Å². The number of rotatable bonds is 8. The highest BCUT2D eigenvalue weighted by Gasteiger charge is 2.32. The summed E-state index contributed by atoms with van der Waals surface area (Å²) in [6.07, 6.45) is 3.28. The fourth-order valence-electron chi connectivity index (χ4n) is 4.93. The summed E-state index contributed by atoms with van der Waals surface area (Å²) < 4.78 is 7.27. The molecular formula is C29H34N4O3. The third kappa shape index (κ3) is 5.00. The molecule has 4 rings (SSSR count). The van der Waals surface area contributed by atoms with Crippen LogP contribution in [-0.4, -0.2) is 33.8 Å². The van der Waals surface area contributed by atoms with Crippen LogP contribution in [0.4, 0.5) is 11.4 Å². The molecular weight excluding hydrogens is 452 g/mol. The minimum absolute atomic E-state index is 0.243. The molecule has 1 aromatic heterocycles. The smallest absolute Gasteiger partial charge is 0.357 e. The van der Waals surface area contributed by atoms with E-state index in [0.29, 0.717) is 24.4 Å². The molecule has 0 fully saturated rings. The normalized spacial score (nSPS) is 12.9. The number of aliphatic hydroxyl groups is 1. The molecule has 0 amide bonds. The summed E-state index contributed by atoms with van der Waals surface area (Å²) in [6, 6.07) is 16.8. The van der Waals surface area contributed by atoms with Crippen LogP contribution in [0, 0.1) is 11.3 Å². The first-order valence-corrected chi connectivity index (χ1v) is 12.6. The van der Waals surface area contributed by atoms with Gasteiger partial charge in [0.2, 0.25) is 0 Å². The van der Waals surface area contributed by atoms with E-state index < -0.39 is 11.6 Å². The van der Waals surface area contributed by atoms with E-state index in [1.54, 1.807) is 20.8 Å². The summed E-state index contributed by atoms with van der Waals surface area (Å²) in [6.45, 7) is 8.07. The number of esters is 1. The van der Waals surface area contributed by atoms with E-state index in [2.05, 4.69) is 42.2 Å². The second-order valence-corrected chi connectivity index (χ2v) is 9.68. The summed E-state index contributed by atoms with van der Waals surface area (Å²) in [5.41, 5.74) is 4.89. The van der Waals surface area contributed by atoms with E-state index >= 15 is 0 Å². The number of aromatic nitrogens is 2. The number of aryl methyl sites for hydroxylation is 3. The lowest BCUT2D eigenvalue weighted by Crippen LogP contribution is -2.23. The largest absolute Gasteiger partial charge is 0.461 e. The highest BCUT2D eigenvalue weighted by atomic mass is 16.5. The molecule has 3 aromatic rings. The number of para-hydroxylation sites is 1. The first-order valence-electron chi connectivity index (χ1n) is 12.6. The van der Waals surface area contributed by atoms with Crippen molar-refractivity contribution in [2.75, 3.05) is 18.1 Å². The zero-order chi connectivity index (χ0) is 25.9. The van der Waals surface area contributed by atoms with Gasteiger partial charge in [0.15, 0.2) is 5.69 Å². The van der Waals surface area contributed by atoms with Crippen LogP contribution in [0.2, 0.25) is 0 Å². The van der Waals surface area contributed by atoms with E-state index in [9.17, 15) is 15.2 Å². The number of nitrogens with zero attached hydrogens (tertiary/aromatic N) is 4. The average Bonchev–Trinajstić information content (AvgIpc) is 3.13. The highest BCUT2D eigenvalue weighted by molar-refractivity contribution is 5.89. The van der Waals surface area contributed by atoms with Crippen molar-refractivity contribution in [1.29, 1.82) is 5.26 Å². The number of imidazole rings is 1. The molecule has 0 saturated heterocycles. The van der Waals surface area contributed by atoms with Crippen molar-refractivity contribution in [2.24, 2.45) is 0 Å². The molecule has 0 unspecified atom stereocenters. The molecule has 0 saturated carbocycles. The second-order valence-electron chi connectivity index (χ2n) is 9.68. The standard InChI is InChI=1S/C29H34N4O3/c1-5-9-25-31-27(29(3,4)35)26(28(34)36-6-2)33(25)19-20-12-15-24-22(18-20)14-13-21-10-7-8-11-23(21)32(24)17-16-30/h7-8,10-12,15,18,35H,5-6,9,13-14,17,19H2,1-4H3. The summed E-state index contributed by atoms with van der Waals surface area (Å²) in [4.78, 5) is 19.8. The molecule has 2 aromatic carbocycles. The van der Waals surface area contributed by atoms with Crippen molar-refractivity contribution in [1.82, 2.24) is 9.55 Å². The van der Waals surface area contributed by atoms with E-state index in [1.165, 1.54) is 5.56 Å². The zero-order valence-electron chi connectivity index (χ0n) is 21.5. The van der Waals surface area contributed by atoms with Crippen LogP contribution in [0.15, 0.2) is 42.5 Å². The third-order valence-corrected chi connectivity index (χ3v) is 6.52. The maximum Gasteiger partial charge on any atom is 0.357 e. The van der Waals surface area contributed by atoms with Crippen LogP contribution in [-0.2, 0) is 36.1 Å². The number of fused-ring (bicyclic) bond motifs is 2. The lowest BCUT2D eigenvalue weighted by atomic mass is 10.0. The van der Waals surface area contributed by atoms with Crippen LogP contribution in [0.1, 0.15) is 72.8 Å². The third-order valence-electron chi connectivity index (χ3n) is 6.52. The van der Waals surface area contributed by atoms with E-state index in [0.717, 1.165) is 47.6 Å². The number of carbonyl (C=O) groups excluding carboxylic acids is 1. The summed E-state index contributed by atoms with van der Waals surface area (Å²) >= 11 is 0. The fourth-order valence-corrected chi connectivity index (χ4v) is 4.93. The number of hydrogen-bond donors (Lipinski definition) is 1. The van der Waals surface area contributed by atoms with Crippen LogP contribution in [0.5, 0.6) is 0 Å². The molecule has 7 nitrogen and oxygen atoms in total. The van der Waals surface area contributed by atoms with Gasteiger partial charge in [-0.15, -0.1) is 0 Å². The van der Waals surface area contributed by atoms with Crippen LogP contribution in [0.3, 0.4) is 0 Å². The highest BCUT2D eigenvalue weighted by Crippen LogP contribution is 2.36. The van der Waals surface area contributed by atoms with Gasteiger partial charge in [0.25, 0.3) is 0 Å². The van der Waals surface area contributed by atoms with E-state index in [4.69, 9.17) is 9.72 Å². The molecule has 0 atom stereocenters. The molecule has 188 valence electrons. The number of nitriles is 1. The van der Waals surface area contributed by atoms with E-state index in [1.807, 2.05) is 22.8 Å².